The fraction of sp³-hybridized carbons (Fsp3) is 0.0625. The van der Waals surface area contributed by atoms with Crippen molar-refractivity contribution in [1.29, 1.82) is 0 Å². The number of thioether (sulfide) groups is 1. The maximum absolute atomic E-state index is 12.5. The number of hydrogen-bond donors (Lipinski definition) is 2. The summed E-state index contributed by atoms with van der Waals surface area (Å²) in [7, 11) is 0. The minimum Gasteiger partial charge on any atom is -0.506 e. The molecule has 1 saturated heterocycles. The molecule has 0 aliphatic carbocycles. The number of nitro benzene ring substituents is 1. The van der Waals surface area contributed by atoms with Crippen molar-refractivity contribution in [3.05, 3.63) is 55.6 Å². The zero-order valence-corrected chi connectivity index (χ0v) is 15.9. The molecule has 0 spiro atoms. The minimum absolute atomic E-state index is 0.117. The number of nitrogens with one attached hydrogen (secondary N) is 1. The van der Waals surface area contributed by atoms with Crippen molar-refractivity contribution in [2.24, 2.45) is 0 Å². The predicted molar refractivity (Wildman–Crippen MR) is 108 cm³/mol. The average Bonchev–Trinajstić information content (AvgIpc) is 3.21. The molecule has 0 radical (unpaired) electrons. The fourth-order valence-corrected chi connectivity index (χ4v) is 4.19. The van der Waals surface area contributed by atoms with Crippen LogP contribution in [0.3, 0.4) is 0 Å². The lowest BCUT2D eigenvalue weighted by Crippen LogP contribution is -2.36. The summed E-state index contributed by atoms with van der Waals surface area (Å²) in [5.74, 6) is -1.35. The van der Waals surface area contributed by atoms with E-state index in [1.807, 2.05) is 17.5 Å². The minimum atomic E-state index is -0.646. The first-order valence-corrected chi connectivity index (χ1v) is 9.51. The van der Waals surface area contributed by atoms with Gasteiger partial charge in [-0.25, -0.2) is 0 Å². The molecule has 1 aromatic heterocycles. The van der Waals surface area contributed by atoms with Gasteiger partial charge in [0.05, 0.1) is 15.5 Å². The molecule has 3 rings (SSSR count). The summed E-state index contributed by atoms with van der Waals surface area (Å²) < 4.78 is 0.237. The largest absolute Gasteiger partial charge is 0.506 e. The number of thiophene rings is 1. The molecule has 0 saturated carbocycles. The van der Waals surface area contributed by atoms with Gasteiger partial charge in [-0.2, -0.15) is 0 Å². The number of phenolic OH excluding ortho intramolecular Hbond substituents is 1. The standard InChI is InChI=1S/C16H11N3O5S3/c20-12-4-3-9(19(23)24)6-11(12)17-14(21)8-18-15(22)13(27-16(18)25)7-10-2-1-5-26-10/h1-7,20H,8H2,(H,17,21)/b13-7+. The first-order valence-electron chi connectivity index (χ1n) is 7.41. The molecule has 11 heteroatoms. The zero-order chi connectivity index (χ0) is 19.6. The maximum Gasteiger partial charge on any atom is 0.271 e. The van der Waals surface area contributed by atoms with E-state index in [1.165, 1.54) is 11.3 Å². The van der Waals surface area contributed by atoms with Crippen molar-refractivity contribution in [3.8, 4) is 5.75 Å². The van der Waals surface area contributed by atoms with Gasteiger partial charge in [-0.3, -0.25) is 24.6 Å². The lowest BCUT2D eigenvalue weighted by molar-refractivity contribution is -0.384. The van der Waals surface area contributed by atoms with Gasteiger partial charge in [0.15, 0.2) is 0 Å². The summed E-state index contributed by atoms with van der Waals surface area (Å²) in [5, 5.41) is 24.8. The Kier molecular flexibility index (Phi) is 5.54. The van der Waals surface area contributed by atoms with Crippen LogP contribution in [0.25, 0.3) is 6.08 Å². The Morgan fingerprint density at radius 3 is 2.85 bits per heavy atom. The van der Waals surface area contributed by atoms with Crippen LogP contribution in [0.15, 0.2) is 40.6 Å². The van der Waals surface area contributed by atoms with E-state index >= 15 is 0 Å². The number of aromatic hydroxyl groups is 1. The normalized spacial score (nSPS) is 15.4. The Labute approximate surface area is 166 Å². The van der Waals surface area contributed by atoms with Crippen LogP contribution in [0.2, 0.25) is 0 Å². The molecule has 8 nitrogen and oxygen atoms in total. The second kappa shape index (κ2) is 7.86. The first kappa shape index (κ1) is 19.0. The molecule has 0 atom stereocenters. The molecule has 0 unspecified atom stereocenters. The van der Waals surface area contributed by atoms with Gasteiger partial charge < -0.3 is 10.4 Å². The van der Waals surface area contributed by atoms with Gasteiger partial charge in [-0.1, -0.05) is 30.0 Å². The van der Waals surface area contributed by atoms with Crippen LogP contribution in [0.1, 0.15) is 4.88 Å². The molecule has 1 aromatic carbocycles. The number of anilines is 1. The number of thiocarbonyl (C=S) groups is 1. The SMILES string of the molecule is O=C(CN1C(=O)/C(=C\c2cccs2)SC1=S)Nc1cc([N+](=O)[O-])ccc1O. The van der Waals surface area contributed by atoms with E-state index in [1.54, 1.807) is 6.08 Å². The molecule has 1 aliphatic heterocycles. The van der Waals surface area contributed by atoms with Gasteiger partial charge in [0.25, 0.3) is 11.6 Å². The summed E-state index contributed by atoms with van der Waals surface area (Å²) >= 11 is 7.73. The van der Waals surface area contributed by atoms with Crippen molar-refractivity contribution in [3.63, 3.8) is 0 Å². The molecule has 2 aromatic rings. The summed E-state index contributed by atoms with van der Waals surface area (Å²) in [4.78, 5) is 37.3. The Balaban J connectivity index is 1.71. The third kappa shape index (κ3) is 4.32. The summed E-state index contributed by atoms with van der Waals surface area (Å²) in [6, 6.07) is 6.97. The third-order valence-corrected chi connectivity index (χ3v) is 5.65. The zero-order valence-electron chi connectivity index (χ0n) is 13.4. The highest BCUT2D eigenvalue weighted by molar-refractivity contribution is 8.26. The van der Waals surface area contributed by atoms with E-state index in [0.717, 1.165) is 39.7 Å². The maximum atomic E-state index is 12.5. The molecule has 2 heterocycles. The molecule has 27 heavy (non-hydrogen) atoms. The van der Waals surface area contributed by atoms with Crippen LogP contribution >= 0.6 is 35.3 Å². The summed E-state index contributed by atoms with van der Waals surface area (Å²) in [6.45, 7) is -0.366. The van der Waals surface area contributed by atoms with Crippen molar-refractivity contribution in [2.45, 2.75) is 0 Å². The molecular weight excluding hydrogens is 410 g/mol. The van der Waals surface area contributed by atoms with Crippen LogP contribution in [-0.2, 0) is 9.59 Å². The number of nitro groups is 1. The van der Waals surface area contributed by atoms with Crippen molar-refractivity contribution in [1.82, 2.24) is 4.90 Å². The predicted octanol–water partition coefficient (Wildman–Crippen LogP) is 3.20. The quantitative estimate of drug-likeness (QED) is 0.251. The summed E-state index contributed by atoms with van der Waals surface area (Å²) in [6.07, 6.45) is 1.70. The van der Waals surface area contributed by atoms with E-state index < -0.39 is 16.7 Å². The lowest BCUT2D eigenvalue weighted by atomic mass is 10.2. The lowest BCUT2D eigenvalue weighted by Gasteiger charge is -2.14. The first-order chi connectivity index (χ1) is 12.8. The monoisotopic (exact) mass is 421 g/mol. The van der Waals surface area contributed by atoms with Gasteiger partial charge in [0.1, 0.15) is 16.6 Å². The van der Waals surface area contributed by atoms with Gasteiger partial charge in [-0.15, -0.1) is 11.3 Å². The second-order valence-corrected chi connectivity index (χ2v) is 7.95. The molecule has 138 valence electrons. The third-order valence-electron chi connectivity index (χ3n) is 3.46. The number of carbonyl (C=O) groups excluding carboxylic acids is 2. The highest BCUT2D eigenvalue weighted by atomic mass is 32.2. The fourth-order valence-electron chi connectivity index (χ4n) is 2.21. The number of nitrogens with zero attached hydrogens (tertiary/aromatic N) is 2. The van der Waals surface area contributed by atoms with Crippen molar-refractivity contribution >= 4 is 68.9 Å². The van der Waals surface area contributed by atoms with Crippen LogP contribution < -0.4 is 5.32 Å². The van der Waals surface area contributed by atoms with Crippen LogP contribution in [-0.4, -0.2) is 37.6 Å². The molecular formula is C16H11N3O5S3. The molecule has 2 amide bonds. The van der Waals surface area contributed by atoms with E-state index in [9.17, 15) is 24.8 Å². The van der Waals surface area contributed by atoms with Gasteiger partial charge in [0, 0.05) is 17.0 Å². The van der Waals surface area contributed by atoms with Gasteiger partial charge >= 0.3 is 0 Å². The average molecular weight is 421 g/mol. The Morgan fingerprint density at radius 1 is 1.41 bits per heavy atom. The van der Waals surface area contributed by atoms with Crippen molar-refractivity contribution < 1.29 is 19.6 Å². The molecule has 2 N–H and O–H groups in total. The number of carbonyl (C=O) groups is 2. The van der Waals surface area contributed by atoms with Crippen molar-refractivity contribution in [2.75, 3.05) is 11.9 Å². The highest BCUT2D eigenvalue weighted by Crippen LogP contribution is 2.33. The highest BCUT2D eigenvalue weighted by Gasteiger charge is 2.33. The second-order valence-electron chi connectivity index (χ2n) is 5.29. The topological polar surface area (TPSA) is 113 Å². The van der Waals surface area contributed by atoms with Crippen LogP contribution in [0.5, 0.6) is 5.75 Å². The van der Waals surface area contributed by atoms with E-state index in [2.05, 4.69) is 5.32 Å². The number of phenols is 1. The smallest absolute Gasteiger partial charge is 0.271 e. The summed E-state index contributed by atoms with van der Waals surface area (Å²) in [5.41, 5.74) is -0.402. The Morgan fingerprint density at radius 2 is 2.19 bits per heavy atom. The van der Waals surface area contributed by atoms with E-state index in [0.29, 0.717) is 4.91 Å². The number of benzene rings is 1. The molecule has 1 aliphatic rings. The molecule has 1 fully saturated rings. The Bertz CT molecular complexity index is 972. The number of hydrogen-bond acceptors (Lipinski definition) is 8. The molecule has 0 bridgehead atoms. The van der Waals surface area contributed by atoms with Crippen LogP contribution in [0, 0.1) is 10.1 Å². The van der Waals surface area contributed by atoms with Gasteiger partial charge in [0.2, 0.25) is 5.91 Å². The van der Waals surface area contributed by atoms with E-state index in [-0.39, 0.29) is 28.0 Å². The van der Waals surface area contributed by atoms with Crippen LogP contribution in [0.4, 0.5) is 11.4 Å². The number of non-ortho nitro benzene ring substituents is 1. The number of amides is 2. The van der Waals surface area contributed by atoms with E-state index in [4.69, 9.17) is 12.2 Å². The Hall–Kier alpha value is -2.76. The van der Waals surface area contributed by atoms with Gasteiger partial charge in [-0.05, 0) is 23.6 Å². The number of rotatable bonds is 5.